The number of nitrogens with zero attached hydrogens (tertiary/aromatic N) is 1. The number of hydrogen-bond acceptors (Lipinski definition) is 3. The van der Waals surface area contributed by atoms with E-state index in [9.17, 15) is 12.8 Å². The number of rotatable bonds is 4. The molecular weight excluding hydrogens is 291 g/mol. The van der Waals surface area contributed by atoms with Gasteiger partial charge in [-0.15, -0.1) is 0 Å². The Balaban J connectivity index is 2.48. The molecule has 0 unspecified atom stereocenters. The predicted octanol–water partition coefficient (Wildman–Crippen LogP) is 2.93. The molecule has 4 nitrogen and oxygen atoms in total. The highest BCUT2D eigenvalue weighted by molar-refractivity contribution is 7.92. The van der Waals surface area contributed by atoms with Crippen LogP contribution in [0.5, 0.6) is 0 Å². The summed E-state index contributed by atoms with van der Waals surface area (Å²) in [7, 11) is -3.70. The van der Waals surface area contributed by atoms with Crippen molar-refractivity contribution < 1.29 is 12.8 Å². The van der Waals surface area contributed by atoms with Gasteiger partial charge in [-0.25, -0.2) is 12.8 Å². The van der Waals surface area contributed by atoms with Crippen molar-refractivity contribution in [3.05, 3.63) is 53.8 Å². The smallest absolute Gasteiger partial charge is 0.264 e. The molecule has 0 saturated carbocycles. The van der Waals surface area contributed by atoms with Crippen LogP contribution in [0.25, 0.3) is 0 Å². The first kappa shape index (κ1) is 15.3. The highest BCUT2D eigenvalue weighted by Crippen LogP contribution is 2.26. The van der Waals surface area contributed by atoms with Crippen LogP contribution in [0.15, 0.2) is 47.4 Å². The van der Waals surface area contributed by atoms with E-state index in [0.717, 1.165) is 11.6 Å². The van der Waals surface area contributed by atoms with Gasteiger partial charge in [0.1, 0.15) is 5.82 Å². The number of nitrogen functional groups attached to an aromatic ring is 1. The van der Waals surface area contributed by atoms with E-state index in [2.05, 4.69) is 0 Å². The Bertz CT molecular complexity index is 743. The molecule has 0 bridgehead atoms. The fourth-order valence-corrected chi connectivity index (χ4v) is 3.48. The second-order valence-electron chi connectivity index (χ2n) is 4.69. The number of nitrogens with two attached hydrogens (primary N) is 1. The maximum Gasteiger partial charge on any atom is 0.264 e. The lowest BCUT2D eigenvalue weighted by atomic mass is 10.2. The van der Waals surface area contributed by atoms with E-state index in [0.29, 0.717) is 5.69 Å². The average molecular weight is 308 g/mol. The van der Waals surface area contributed by atoms with Crippen molar-refractivity contribution in [1.29, 1.82) is 0 Å². The van der Waals surface area contributed by atoms with Gasteiger partial charge in [0.25, 0.3) is 10.0 Å². The molecule has 0 saturated heterocycles. The molecule has 2 rings (SSSR count). The molecule has 0 radical (unpaired) electrons. The van der Waals surface area contributed by atoms with Crippen molar-refractivity contribution in [2.45, 2.75) is 18.7 Å². The first-order valence-corrected chi connectivity index (χ1v) is 7.94. The maximum absolute atomic E-state index is 13.2. The highest BCUT2D eigenvalue weighted by Gasteiger charge is 2.23. The molecule has 0 aliphatic carbocycles. The molecule has 2 N–H and O–H groups in total. The number of aryl methyl sites for hydroxylation is 1. The maximum atomic E-state index is 13.2. The third kappa shape index (κ3) is 3.00. The third-order valence-electron chi connectivity index (χ3n) is 3.16. The minimum absolute atomic E-state index is 0.0787. The molecule has 21 heavy (non-hydrogen) atoms. The fourth-order valence-electron chi connectivity index (χ4n) is 2.02. The molecule has 0 aliphatic rings. The van der Waals surface area contributed by atoms with Crippen LogP contribution in [0, 0.1) is 12.7 Å². The minimum atomic E-state index is -3.70. The lowest BCUT2D eigenvalue weighted by Crippen LogP contribution is -2.30. The van der Waals surface area contributed by atoms with Crippen LogP contribution in [-0.2, 0) is 10.0 Å². The number of anilines is 2. The normalized spacial score (nSPS) is 11.4. The van der Waals surface area contributed by atoms with Gasteiger partial charge in [-0.05, 0) is 44.2 Å². The van der Waals surface area contributed by atoms with Crippen molar-refractivity contribution in [2.75, 3.05) is 16.6 Å². The Labute approximate surface area is 124 Å². The zero-order valence-electron chi connectivity index (χ0n) is 11.9. The Morgan fingerprint density at radius 2 is 1.76 bits per heavy atom. The van der Waals surface area contributed by atoms with E-state index < -0.39 is 15.8 Å². The number of halogens is 1. The van der Waals surface area contributed by atoms with Crippen molar-refractivity contribution in [3.63, 3.8) is 0 Å². The summed E-state index contributed by atoms with van der Waals surface area (Å²) in [4.78, 5) is 0.192. The first-order valence-electron chi connectivity index (χ1n) is 6.50. The van der Waals surface area contributed by atoms with E-state index in [1.165, 1.54) is 16.4 Å². The Hall–Kier alpha value is -2.08. The molecular formula is C15H17FN2O2S. The van der Waals surface area contributed by atoms with E-state index in [-0.39, 0.29) is 17.1 Å². The minimum Gasteiger partial charge on any atom is -0.396 e. The number of hydrogen-bond donors (Lipinski definition) is 1. The quantitative estimate of drug-likeness (QED) is 0.883. The molecule has 2 aromatic carbocycles. The van der Waals surface area contributed by atoms with Crippen molar-refractivity contribution in [2.24, 2.45) is 0 Å². The van der Waals surface area contributed by atoms with Gasteiger partial charge >= 0.3 is 0 Å². The summed E-state index contributed by atoms with van der Waals surface area (Å²) in [5.74, 6) is -0.567. The van der Waals surface area contributed by atoms with Crippen molar-refractivity contribution in [1.82, 2.24) is 0 Å². The third-order valence-corrected chi connectivity index (χ3v) is 5.08. The summed E-state index contributed by atoms with van der Waals surface area (Å²) < 4.78 is 39.8. The second-order valence-corrected chi connectivity index (χ2v) is 6.55. The van der Waals surface area contributed by atoms with Gasteiger partial charge in [-0.1, -0.05) is 17.7 Å². The predicted molar refractivity (Wildman–Crippen MR) is 82.2 cm³/mol. The zero-order chi connectivity index (χ0) is 15.6. The molecule has 2 aromatic rings. The average Bonchev–Trinajstić information content (AvgIpc) is 2.44. The number of sulfonamides is 1. The van der Waals surface area contributed by atoms with E-state index in [1.54, 1.807) is 31.2 Å². The lowest BCUT2D eigenvalue weighted by Gasteiger charge is -2.23. The first-order chi connectivity index (χ1) is 9.86. The van der Waals surface area contributed by atoms with Crippen LogP contribution in [0.4, 0.5) is 15.8 Å². The topological polar surface area (TPSA) is 63.4 Å². The van der Waals surface area contributed by atoms with Gasteiger partial charge < -0.3 is 5.73 Å². The summed E-state index contributed by atoms with van der Waals surface area (Å²) >= 11 is 0. The molecule has 0 heterocycles. The molecule has 0 atom stereocenters. The molecule has 6 heteroatoms. The van der Waals surface area contributed by atoms with Gasteiger partial charge in [0.2, 0.25) is 0 Å². The summed E-state index contributed by atoms with van der Waals surface area (Å²) in [5, 5.41) is 0. The summed E-state index contributed by atoms with van der Waals surface area (Å²) in [6, 6.07) is 10.5. The second kappa shape index (κ2) is 5.73. The molecule has 0 aliphatic heterocycles. The van der Waals surface area contributed by atoms with Gasteiger partial charge in [-0.3, -0.25) is 4.31 Å². The number of benzene rings is 2. The molecule has 112 valence electrons. The summed E-state index contributed by atoms with van der Waals surface area (Å²) in [6.07, 6.45) is 0. The lowest BCUT2D eigenvalue weighted by molar-refractivity contribution is 0.591. The van der Waals surface area contributed by atoms with Gasteiger partial charge in [0.15, 0.2) is 0 Å². The molecule has 0 spiro atoms. The van der Waals surface area contributed by atoms with Gasteiger partial charge in [0, 0.05) is 6.54 Å². The van der Waals surface area contributed by atoms with E-state index in [1.807, 2.05) is 6.92 Å². The largest absolute Gasteiger partial charge is 0.396 e. The van der Waals surface area contributed by atoms with Crippen LogP contribution >= 0.6 is 0 Å². The molecule has 0 fully saturated rings. The molecule has 0 amide bonds. The van der Waals surface area contributed by atoms with Crippen LogP contribution in [-0.4, -0.2) is 15.0 Å². The van der Waals surface area contributed by atoms with Crippen LogP contribution < -0.4 is 10.0 Å². The van der Waals surface area contributed by atoms with E-state index >= 15 is 0 Å². The molecule has 0 aromatic heterocycles. The summed E-state index contributed by atoms with van der Waals surface area (Å²) in [6.45, 7) is 3.82. The van der Waals surface area contributed by atoms with Gasteiger partial charge in [-0.2, -0.15) is 0 Å². The van der Waals surface area contributed by atoms with Crippen LogP contribution in [0.2, 0.25) is 0 Å². The zero-order valence-corrected chi connectivity index (χ0v) is 12.7. The van der Waals surface area contributed by atoms with Crippen molar-refractivity contribution >= 4 is 21.4 Å². The highest BCUT2D eigenvalue weighted by atomic mass is 32.2. The monoisotopic (exact) mass is 308 g/mol. The van der Waals surface area contributed by atoms with E-state index in [4.69, 9.17) is 5.73 Å². The SMILES string of the molecule is CCN(c1ccc(F)c(N)c1)S(=O)(=O)c1ccc(C)cc1. The standard InChI is InChI=1S/C15H17FN2O2S/c1-3-18(12-6-9-14(16)15(17)10-12)21(19,20)13-7-4-11(2)5-8-13/h4-10H,3,17H2,1-2H3. The Kier molecular flexibility index (Phi) is 4.18. The Morgan fingerprint density at radius 3 is 2.29 bits per heavy atom. The Morgan fingerprint density at radius 1 is 1.14 bits per heavy atom. The van der Waals surface area contributed by atoms with Gasteiger partial charge in [0.05, 0.1) is 16.3 Å². The summed E-state index contributed by atoms with van der Waals surface area (Å²) in [5.41, 5.74) is 6.76. The fraction of sp³-hybridized carbons (Fsp3) is 0.200. The van der Waals surface area contributed by atoms with Crippen LogP contribution in [0.3, 0.4) is 0 Å². The van der Waals surface area contributed by atoms with Crippen molar-refractivity contribution in [3.8, 4) is 0 Å². The van der Waals surface area contributed by atoms with Crippen LogP contribution in [0.1, 0.15) is 12.5 Å².